The van der Waals surface area contributed by atoms with E-state index in [-0.39, 0.29) is 12.4 Å². The largest absolute Gasteiger partial charge is 0.493 e. The lowest BCUT2D eigenvalue weighted by Gasteiger charge is -2.11. The van der Waals surface area contributed by atoms with Gasteiger partial charge in [0, 0.05) is 19.2 Å². The monoisotopic (exact) mass is 339 g/mol. The van der Waals surface area contributed by atoms with Gasteiger partial charge in [0.2, 0.25) is 0 Å². The van der Waals surface area contributed by atoms with E-state index < -0.39 is 18.5 Å². The van der Waals surface area contributed by atoms with E-state index in [9.17, 15) is 14.4 Å². The highest BCUT2D eigenvalue weighted by molar-refractivity contribution is 5.94. The smallest absolute Gasteiger partial charge is 0.344 e. The van der Waals surface area contributed by atoms with Gasteiger partial charge in [-0.25, -0.2) is 4.79 Å². The van der Waals surface area contributed by atoms with Crippen LogP contribution in [0.2, 0.25) is 0 Å². The van der Waals surface area contributed by atoms with Gasteiger partial charge in [0.25, 0.3) is 5.91 Å². The van der Waals surface area contributed by atoms with Crippen molar-refractivity contribution in [3.8, 4) is 11.5 Å². The molecular formula is C16H21NO7. The SMILES string of the molecule is COCCNC(=O)COC(=O)COc1ccc(C(C)=O)cc1OC. The average Bonchev–Trinajstić information content (AvgIpc) is 2.58. The second-order valence-corrected chi connectivity index (χ2v) is 4.71. The van der Waals surface area contributed by atoms with Gasteiger partial charge in [-0.15, -0.1) is 0 Å². The molecule has 0 aliphatic heterocycles. The molecule has 0 aliphatic carbocycles. The van der Waals surface area contributed by atoms with Crippen molar-refractivity contribution in [3.05, 3.63) is 23.8 Å². The number of Topliss-reactive ketones (excluding diaryl/α,β-unsaturated/α-hetero) is 1. The molecule has 0 heterocycles. The number of benzene rings is 1. The van der Waals surface area contributed by atoms with Crippen molar-refractivity contribution in [2.75, 3.05) is 40.6 Å². The molecule has 0 saturated carbocycles. The summed E-state index contributed by atoms with van der Waals surface area (Å²) < 4.78 is 20.0. The molecule has 24 heavy (non-hydrogen) atoms. The number of hydrogen-bond acceptors (Lipinski definition) is 7. The zero-order valence-corrected chi connectivity index (χ0v) is 13.9. The minimum absolute atomic E-state index is 0.112. The Morgan fingerprint density at radius 3 is 2.46 bits per heavy atom. The van der Waals surface area contributed by atoms with Crippen LogP contribution in [0.15, 0.2) is 18.2 Å². The third-order valence-electron chi connectivity index (χ3n) is 2.91. The quantitative estimate of drug-likeness (QED) is 0.378. The van der Waals surface area contributed by atoms with Gasteiger partial charge in [-0.3, -0.25) is 9.59 Å². The molecule has 1 aromatic carbocycles. The molecule has 132 valence electrons. The van der Waals surface area contributed by atoms with Gasteiger partial charge < -0.3 is 24.3 Å². The fraction of sp³-hybridized carbons (Fsp3) is 0.438. The fourth-order valence-electron chi connectivity index (χ4n) is 1.67. The Morgan fingerprint density at radius 2 is 1.83 bits per heavy atom. The Kier molecular flexibility index (Phi) is 8.28. The number of ketones is 1. The summed E-state index contributed by atoms with van der Waals surface area (Å²) in [6, 6.07) is 4.61. The maximum absolute atomic E-state index is 11.6. The molecule has 0 spiro atoms. The first kappa shape index (κ1) is 19.4. The highest BCUT2D eigenvalue weighted by Gasteiger charge is 2.12. The lowest BCUT2D eigenvalue weighted by Crippen LogP contribution is -2.32. The maximum atomic E-state index is 11.6. The van der Waals surface area contributed by atoms with E-state index in [1.54, 1.807) is 6.07 Å². The summed E-state index contributed by atoms with van der Waals surface area (Å²) in [5, 5.41) is 2.51. The maximum Gasteiger partial charge on any atom is 0.344 e. The minimum Gasteiger partial charge on any atom is -0.493 e. The van der Waals surface area contributed by atoms with Crippen LogP contribution in [0.3, 0.4) is 0 Å². The van der Waals surface area contributed by atoms with Crippen LogP contribution >= 0.6 is 0 Å². The zero-order chi connectivity index (χ0) is 17.9. The first-order valence-electron chi connectivity index (χ1n) is 7.21. The molecular weight excluding hydrogens is 318 g/mol. The van der Waals surface area contributed by atoms with Crippen molar-refractivity contribution >= 4 is 17.7 Å². The predicted molar refractivity (Wildman–Crippen MR) is 84.3 cm³/mol. The Morgan fingerprint density at radius 1 is 1.08 bits per heavy atom. The molecule has 8 nitrogen and oxygen atoms in total. The minimum atomic E-state index is -0.699. The third kappa shape index (κ3) is 6.66. The standard InChI is InChI=1S/C16H21NO7/c1-11(18)12-4-5-13(14(8-12)22-3)23-10-16(20)24-9-15(19)17-6-7-21-2/h4-5,8H,6-7,9-10H2,1-3H3,(H,17,19). The molecule has 0 unspecified atom stereocenters. The summed E-state index contributed by atoms with van der Waals surface area (Å²) in [7, 11) is 2.94. The van der Waals surface area contributed by atoms with Gasteiger partial charge in [-0.05, 0) is 25.1 Å². The highest BCUT2D eigenvalue weighted by atomic mass is 16.6. The number of amides is 1. The van der Waals surface area contributed by atoms with Crippen LogP contribution in [0.5, 0.6) is 11.5 Å². The average molecular weight is 339 g/mol. The van der Waals surface area contributed by atoms with Crippen molar-refractivity contribution in [2.24, 2.45) is 0 Å². The number of ether oxygens (including phenoxy) is 4. The first-order chi connectivity index (χ1) is 11.5. The van der Waals surface area contributed by atoms with Crippen molar-refractivity contribution in [3.63, 3.8) is 0 Å². The molecule has 0 saturated heterocycles. The van der Waals surface area contributed by atoms with E-state index in [0.717, 1.165) is 0 Å². The highest BCUT2D eigenvalue weighted by Crippen LogP contribution is 2.28. The number of carbonyl (C=O) groups excluding carboxylic acids is 3. The Labute approximate surface area is 140 Å². The summed E-state index contributed by atoms with van der Waals surface area (Å²) in [4.78, 5) is 34.3. The molecule has 0 aromatic heterocycles. The third-order valence-corrected chi connectivity index (χ3v) is 2.91. The van der Waals surface area contributed by atoms with E-state index in [0.29, 0.717) is 30.2 Å². The number of methoxy groups -OCH3 is 2. The molecule has 0 bridgehead atoms. The Balaban J connectivity index is 2.44. The van der Waals surface area contributed by atoms with Crippen LogP contribution in [-0.4, -0.2) is 58.2 Å². The van der Waals surface area contributed by atoms with E-state index in [2.05, 4.69) is 5.32 Å². The fourth-order valence-corrected chi connectivity index (χ4v) is 1.67. The zero-order valence-electron chi connectivity index (χ0n) is 13.9. The van der Waals surface area contributed by atoms with Crippen molar-refractivity contribution < 1.29 is 33.3 Å². The summed E-state index contributed by atoms with van der Waals surface area (Å²) in [6.07, 6.45) is 0. The van der Waals surface area contributed by atoms with Crippen LogP contribution in [0.4, 0.5) is 0 Å². The molecule has 1 amide bonds. The van der Waals surface area contributed by atoms with Crippen LogP contribution in [0.25, 0.3) is 0 Å². The summed E-state index contributed by atoms with van der Waals surface area (Å²) in [5.41, 5.74) is 0.467. The van der Waals surface area contributed by atoms with Gasteiger partial charge in [0.05, 0.1) is 13.7 Å². The lowest BCUT2D eigenvalue weighted by atomic mass is 10.1. The van der Waals surface area contributed by atoms with Crippen LogP contribution in [0, 0.1) is 0 Å². The van der Waals surface area contributed by atoms with E-state index in [1.165, 1.54) is 33.3 Å². The number of hydrogen-bond donors (Lipinski definition) is 1. The number of rotatable bonds is 10. The van der Waals surface area contributed by atoms with Gasteiger partial charge in [-0.2, -0.15) is 0 Å². The van der Waals surface area contributed by atoms with Gasteiger partial charge >= 0.3 is 5.97 Å². The van der Waals surface area contributed by atoms with Gasteiger partial charge in [-0.1, -0.05) is 0 Å². The Bertz CT molecular complexity index is 586. The second-order valence-electron chi connectivity index (χ2n) is 4.71. The van der Waals surface area contributed by atoms with Gasteiger partial charge in [0.15, 0.2) is 30.5 Å². The van der Waals surface area contributed by atoms with E-state index >= 15 is 0 Å². The Hall–Kier alpha value is -2.61. The lowest BCUT2D eigenvalue weighted by molar-refractivity contribution is -0.150. The summed E-state index contributed by atoms with van der Waals surface area (Å²) in [5.74, 6) is -0.617. The van der Waals surface area contributed by atoms with Gasteiger partial charge in [0.1, 0.15) is 0 Å². The molecule has 0 radical (unpaired) electrons. The van der Waals surface area contributed by atoms with Crippen molar-refractivity contribution in [1.29, 1.82) is 0 Å². The normalized spacial score (nSPS) is 9.96. The van der Waals surface area contributed by atoms with Crippen molar-refractivity contribution in [2.45, 2.75) is 6.92 Å². The summed E-state index contributed by atoms with van der Waals surface area (Å²) >= 11 is 0. The molecule has 0 atom stereocenters. The van der Waals surface area contributed by atoms with Crippen LogP contribution in [-0.2, 0) is 19.1 Å². The predicted octanol–water partition coefficient (Wildman–Crippen LogP) is 0.582. The van der Waals surface area contributed by atoms with E-state index in [4.69, 9.17) is 18.9 Å². The molecule has 1 N–H and O–H groups in total. The topological polar surface area (TPSA) is 100 Å². The molecule has 8 heteroatoms. The van der Waals surface area contributed by atoms with E-state index in [1.807, 2.05) is 0 Å². The second kappa shape index (κ2) is 10.2. The number of carbonyl (C=O) groups is 3. The first-order valence-corrected chi connectivity index (χ1v) is 7.21. The number of esters is 1. The number of nitrogens with one attached hydrogen (secondary N) is 1. The van der Waals surface area contributed by atoms with Crippen molar-refractivity contribution in [1.82, 2.24) is 5.32 Å². The molecule has 1 rings (SSSR count). The molecule has 1 aromatic rings. The van der Waals surface area contributed by atoms with Crippen LogP contribution < -0.4 is 14.8 Å². The summed E-state index contributed by atoms with van der Waals surface area (Å²) in [6.45, 7) is 1.36. The molecule has 0 fully saturated rings. The van der Waals surface area contributed by atoms with Crippen LogP contribution in [0.1, 0.15) is 17.3 Å². The molecule has 0 aliphatic rings.